The van der Waals surface area contributed by atoms with Crippen molar-refractivity contribution in [3.63, 3.8) is 0 Å². The Bertz CT molecular complexity index is 440. The molecule has 2 rings (SSSR count). The third-order valence-corrected chi connectivity index (χ3v) is 2.88. The molecular formula is C12H15N3O3. The minimum Gasteiger partial charge on any atom is -0.385 e. The highest BCUT2D eigenvalue weighted by Gasteiger charge is 2.42. The second-order valence-electron chi connectivity index (χ2n) is 4.41. The average molecular weight is 249 g/mol. The van der Waals surface area contributed by atoms with E-state index in [9.17, 15) is 14.4 Å². The topological polar surface area (TPSA) is 78.5 Å². The maximum Gasteiger partial charge on any atom is 0.331 e. The molecule has 96 valence electrons. The van der Waals surface area contributed by atoms with Crippen LogP contribution in [-0.4, -0.2) is 35.3 Å². The van der Waals surface area contributed by atoms with Crippen LogP contribution < -0.4 is 10.6 Å². The first-order valence-electron chi connectivity index (χ1n) is 5.77. The van der Waals surface area contributed by atoms with Crippen LogP contribution in [-0.2, 0) is 9.59 Å². The molecule has 0 bridgehead atoms. The van der Waals surface area contributed by atoms with Crippen molar-refractivity contribution in [2.45, 2.75) is 18.9 Å². The Morgan fingerprint density at radius 1 is 1.44 bits per heavy atom. The molecule has 2 N–H and O–H groups in total. The van der Waals surface area contributed by atoms with Crippen molar-refractivity contribution in [3.8, 4) is 0 Å². The van der Waals surface area contributed by atoms with E-state index in [4.69, 9.17) is 0 Å². The number of carbonyl (C=O) groups excluding carboxylic acids is 3. The Morgan fingerprint density at radius 2 is 2.11 bits per heavy atom. The lowest BCUT2D eigenvalue weighted by Crippen LogP contribution is -2.59. The van der Waals surface area contributed by atoms with Crippen molar-refractivity contribution in [3.05, 3.63) is 24.9 Å². The van der Waals surface area contributed by atoms with Gasteiger partial charge in [-0.25, -0.2) is 4.79 Å². The normalized spacial score (nSPS) is 23.7. The van der Waals surface area contributed by atoms with Crippen LogP contribution in [0.1, 0.15) is 12.8 Å². The van der Waals surface area contributed by atoms with Gasteiger partial charge in [0.15, 0.2) is 5.92 Å². The molecule has 0 aromatic heterocycles. The minimum atomic E-state index is -1.04. The fraction of sp³-hybridized carbons (Fsp3) is 0.417. The van der Waals surface area contributed by atoms with Crippen molar-refractivity contribution in [2.24, 2.45) is 5.92 Å². The lowest BCUT2D eigenvalue weighted by Gasteiger charge is -2.30. The largest absolute Gasteiger partial charge is 0.385 e. The van der Waals surface area contributed by atoms with Crippen molar-refractivity contribution in [1.82, 2.24) is 15.5 Å². The number of nitrogens with one attached hydrogen (secondary N) is 2. The van der Waals surface area contributed by atoms with E-state index in [1.54, 1.807) is 0 Å². The predicted molar refractivity (Wildman–Crippen MR) is 64.2 cm³/mol. The molecular weight excluding hydrogens is 234 g/mol. The van der Waals surface area contributed by atoms with Crippen LogP contribution in [0.2, 0.25) is 0 Å². The van der Waals surface area contributed by atoms with E-state index in [0.717, 1.165) is 17.7 Å². The van der Waals surface area contributed by atoms with Gasteiger partial charge in [-0.3, -0.25) is 19.8 Å². The molecule has 1 saturated heterocycles. The Balaban J connectivity index is 2.13. The molecule has 2 aliphatic rings. The zero-order valence-electron chi connectivity index (χ0n) is 9.94. The summed E-state index contributed by atoms with van der Waals surface area (Å²) in [4.78, 5) is 36.2. The Kier molecular flexibility index (Phi) is 3.18. The molecule has 0 radical (unpaired) electrons. The number of urea groups is 1. The van der Waals surface area contributed by atoms with Gasteiger partial charge in [-0.1, -0.05) is 12.7 Å². The monoisotopic (exact) mass is 249 g/mol. The molecule has 0 spiro atoms. The van der Waals surface area contributed by atoms with Crippen LogP contribution in [0.5, 0.6) is 0 Å². The third kappa shape index (κ3) is 2.27. The van der Waals surface area contributed by atoms with E-state index in [1.807, 2.05) is 0 Å². The van der Waals surface area contributed by atoms with Crippen LogP contribution in [0.4, 0.5) is 4.79 Å². The van der Waals surface area contributed by atoms with Gasteiger partial charge in [0.1, 0.15) is 0 Å². The summed E-state index contributed by atoms with van der Waals surface area (Å²) in [5.74, 6) is -2.21. The molecule has 1 atom stereocenters. The van der Waals surface area contributed by atoms with E-state index in [-0.39, 0.29) is 6.54 Å². The van der Waals surface area contributed by atoms with E-state index in [0.29, 0.717) is 11.7 Å². The number of nitrogens with zero attached hydrogens (tertiary/aromatic N) is 1. The van der Waals surface area contributed by atoms with Crippen LogP contribution in [0.3, 0.4) is 0 Å². The minimum absolute atomic E-state index is 0.0746. The van der Waals surface area contributed by atoms with Crippen molar-refractivity contribution >= 4 is 17.8 Å². The predicted octanol–water partition coefficient (Wildman–Crippen LogP) is 0.133. The molecule has 4 amide bonds. The zero-order valence-corrected chi connectivity index (χ0v) is 9.94. The molecule has 18 heavy (non-hydrogen) atoms. The van der Waals surface area contributed by atoms with Gasteiger partial charge < -0.3 is 5.32 Å². The van der Waals surface area contributed by atoms with Crippen LogP contribution in [0, 0.1) is 5.92 Å². The van der Waals surface area contributed by atoms with Crippen molar-refractivity contribution in [1.29, 1.82) is 0 Å². The van der Waals surface area contributed by atoms with Crippen molar-refractivity contribution < 1.29 is 14.4 Å². The number of barbiturate groups is 1. The SMILES string of the molecule is C=CCN1C(=O)NC(=O)[C@H](C(=C)NC2CC2)C1=O. The summed E-state index contributed by atoms with van der Waals surface area (Å²) < 4.78 is 0. The summed E-state index contributed by atoms with van der Waals surface area (Å²) in [5, 5.41) is 5.17. The highest BCUT2D eigenvalue weighted by Crippen LogP contribution is 2.24. The van der Waals surface area contributed by atoms with E-state index in [2.05, 4.69) is 23.8 Å². The first-order chi connectivity index (χ1) is 8.54. The van der Waals surface area contributed by atoms with Crippen LogP contribution >= 0.6 is 0 Å². The van der Waals surface area contributed by atoms with Gasteiger partial charge in [0.05, 0.1) is 0 Å². The summed E-state index contributed by atoms with van der Waals surface area (Å²) in [6.45, 7) is 7.27. The van der Waals surface area contributed by atoms with E-state index in [1.165, 1.54) is 6.08 Å². The highest BCUT2D eigenvalue weighted by atomic mass is 16.2. The first-order valence-corrected chi connectivity index (χ1v) is 5.77. The summed E-state index contributed by atoms with van der Waals surface area (Å²) >= 11 is 0. The summed E-state index contributed by atoms with van der Waals surface area (Å²) in [5.41, 5.74) is 0.349. The Hall–Kier alpha value is -2.11. The molecule has 0 unspecified atom stereocenters. The van der Waals surface area contributed by atoms with Gasteiger partial charge >= 0.3 is 6.03 Å². The molecule has 1 heterocycles. The number of hydrogen-bond donors (Lipinski definition) is 2. The smallest absolute Gasteiger partial charge is 0.331 e. The maximum absolute atomic E-state index is 12.1. The zero-order chi connectivity index (χ0) is 13.3. The van der Waals surface area contributed by atoms with Gasteiger partial charge in [-0.15, -0.1) is 6.58 Å². The lowest BCUT2D eigenvalue weighted by molar-refractivity contribution is -0.140. The maximum atomic E-state index is 12.1. The van der Waals surface area contributed by atoms with Crippen LogP contribution in [0.25, 0.3) is 0 Å². The molecule has 0 aromatic carbocycles. The van der Waals surface area contributed by atoms with Crippen LogP contribution in [0.15, 0.2) is 24.9 Å². The van der Waals surface area contributed by atoms with Gasteiger partial charge in [0.25, 0.3) is 0 Å². The second kappa shape index (κ2) is 4.64. The molecule has 6 nitrogen and oxygen atoms in total. The third-order valence-electron chi connectivity index (χ3n) is 2.88. The Labute approximate surface area is 105 Å². The van der Waals surface area contributed by atoms with Gasteiger partial charge in [-0.05, 0) is 12.8 Å². The summed E-state index contributed by atoms with van der Waals surface area (Å²) in [6, 6.07) is -0.413. The fourth-order valence-electron chi connectivity index (χ4n) is 1.80. The van der Waals surface area contributed by atoms with E-state index >= 15 is 0 Å². The molecule has 6 heteroatoms. The molecule has 1 saturated carbocycles. The quantitative estimate of drug-likeness (QED) is 0.536. The average Bonchev–Trinajstić information content (AvgIpc) is 3.07. The molecule has 1 aliphatic heterocycles. The van der Waals surface area contributed by atoms with Crippen molar-refractivity contribution in [2.75, 3.05) is 6.54 Å². The van der Waals surface area contributed by atoms with Gasteiger partial charge in [0, 0.05) is 18.3 Å². The number of rotatable bonds is 5. The molecule has 0 aromatic rings. The number of carbonyl (C=O) groups is 3. The summed E-state index contributed by atoms with van der Waals surface area (Å²) in [7, 11) is 0. The number of imide groups is 2. The molecule has 2 fully saturated rings. The highest BCUT2D eigenvalue weighted by molar-refractivity contribution is 6.17. The molecule has 1 aliphatic carbocycles. The van der Waals surface area contributed by atoms with Gasteiger partial charge in [0.2, 0.25) is 11.8 Å². The number of amides is 4. The standard InChI is InChI=1S/C12H15N3O3/c1-3-6-15-11(17)9(10(16)14-12(15)18)7(2)13-8-4-5-8/h3,8-9,13H,1-2,4-6H2,(H,14,16,18)/t9-/m0/s1. The summed E-state index contributed by atoms with van der Waals surface area (Å²) in [6.07, 6.45) is 3.45. The second-order valence-corrected chi connectivity index (χ2v) is 4.41. The first kappa shape index (κ1) is 12.3. The lowest BCUT2D eigenvalue weighted by atomic mass is 10.0. The fourth-order valence-corrected chi connectivity index (χ4v) is 1.80. The van der Waals surface area contributed by atoms with E-state index < -0.39 is 23.8 Å². The Morgan fingerprint density at radius 3 is 2.67 bits per heavy atom. The van der Waals surface area contributed by atoms with Gasteiger partial charge in [-0.2, -0.15) is 0 Å². The number of hydrogen-bond acceptors (Lipinski definition) is 4.